The Balaban J connectivity index is 2.79. The fourth-order valence-corrected chi connectivity index (χ4v) is 3.24. The number of likely N-dealkylation sites (tertiary alicyclic amines) is 1. The molecule has 7 heteroatoms. The molecule has 28 heavy (non-hydrogen) atoms. The number of esters is 1. The summed E-state index contributed by atoms with van der Waals surface area (Å²) >= 11 is 0. The number of alkyl carbamates (subject to hydrolysis) is 1. The number of carbonyl (C=O) groups excluding carboxylic acids is 3. The van der Waals surface area contributed by atoms with Gasteiger partial charge in [0.25, 0.3) is 0 Å². The predicted molar refractivity (Wildman–Crippen MR) is 108 cm³/mol. The molecule has 0 spiro atoms. The van der Waals surface area contributed by atoms with Gasteiger partial charge in [0.05, 0.1) is 6.61 Å². The third-order valence-electron chi connectivity index (χ3n) is 4.48. The SMILES string of the molecule is C=CCCCCC[C@H](NC(=O)OC(C)(C)C)C(=O)N1CCC[C@H]1C(=O)OCC. The first-order valence-corrected chi connectivity index (χ1v) is 10.3. The number of nitrogens with one attached hydrogen (secondary N) is 1. The van der Waals surface area contributed by atoms with Crippen LogP contribution in [0.1, 0.15) is 72.6 Å². The van der Waals surface area contributed by atoms with E-state index in [2.05, 4.69) is 11.9 Å². The van der Waals surface area contributed by atoms with E-state index in [0.717, 1.165) is 32.1 Å². The Labute approximate surface area is 168 Å². The zero-order valence-corrected chi connectivity index (χ0v) is 17.8. The summed E-state index contributed by atoms with van der Waals surface area (Å²) in [5, 5.41) is 2.71. The summed E-state index contributed by atoms with van der Waals surface area (Å²) in [6, 6.07) is -1.29. The van der Waals surface area contributed by atoms with Crippen molar-refractivity contribution in [3.05, 3.63) is 12.7 Å². The van der Waals surface area contributed by atoms with E-state index in [-0.39, 0.29) is 18.5 Å². The Bertz CT molecular complexity index is 541. The van der Waals surface area contributed by atoms with Gasteiger partial charge >= 0.3 is 12.1 Å². The van der Waals surface area contributed by atoms with Gasteiger partial charge < -0.3 is 19.7 Å². The van der Waals surface area contributed by atoms with Crippen LogP contribution in [0.4, 0.5) is 4.79 Å². The van der Waals surface area contributed by atoms with Crippen LogP contribution in [0.25, 0.3) is 0 Å². The molecule has 2 atom stereocenters. The van der Waals surface area contributed by atoms with Crippen molar-refractivity contribution in [3.8, 4) is 0 Å². The molecule has 160 valence electrons. The maximum atomic E-state index is 13.1. The molecule has 0 aliphatic carbocycles. The van der Waals surface area contributed by atoms with Crippen molar-refractivity contribution in [1.29, 1.82) is 0 Å². The average molecular weight is 397 g/mol. The van der Waals surface area contributed by atoms with Crippen LogP contribution in [0.3, 0.4) is 0 Å². The molecule has 0 unspecified atom stereocenters. The molecular weight excluding hydrogens is 360 g/mol. The van der Waals surface area contributed by atoms with Gasteiger partial charge in [0, 0.05) is 6.54 Å². The Morgan fingerprint density at radius 2 is 1.96 bits per heavy atom. The third-order valence-corrected chi connectivity index (χ3v) is 4.48. The van der Waals surface area contributed by atoms with Crippen molar-refractivity contribution in [1.82, 2.24) is 10.2 Å². The largest absolute Gasteiger partial charge is 0.464 e. The van der Waals surface area contributed by atoms with E-state index in [1.807, 2.05) is 6.08 Å². The number of rotatable bonds is 10. The van der Waals surface area contributed by atoms with Gasteiger partial charge in [-0.25, -0.2) is 9.59 Å². The van der Waals surface area contributed by atoms with E-state index >= 15 is 0 Å². The molecule has 1 fully saturated rings. The standard InChI is InChI=1S/C21H36N2O5/c1-6-8-9-10-11-13-16(22-20(26)28-21(3,4)5)18(24)23-15-12-14-17(23)19(25)27-7-2/h6,16-17H,1,7-15H2,2-5H3,(H,22,26)/t16-,17-/m0/s1. The number of allylic oxidation sites excluding steroid dienone is 1. The summed E-state index contributed by atoms with van der Waals surface area (Å²) in [7, 11) is 0. The highest BCUT2D eigenvalue weighted by molar-refractivity contribution is 5.90. The van der Waals surface area contributed by atoms with Gasteiger partial charge in [0.2, 0.25) is 5.91 Å². The van der Waals surface area contributed by atoms with Crippen LogP contribution < -0.4 is 5.32 Å². The van der Waals surface area contributed by atoms with E-state index < -0.39 is 23.8 Å². The highest BCUT2D eigenvalue weighted by atomic mass is 16.6. The van der Waals surface area contributed by atoms with E-state index in [1.165, 1.54) is 0 Å². The quantitative estimate of drug-likeness (QED) is 0.347. The van der Waals surface area contributed by atoms with Gasteiger partial charge in [-0.3, -0.25) is 4.79 Å². The van der Waals surface area contributed by atoms with Crippen LogP contribution in [0, 0.1) is 0 Å². The monoisotopic (exact) mass is 396 g/mol. The molecule has 0 aromatic carbocycles. The lowest BCUT2D eigenvalue weighted by Crippen LogP contribution is -2.52. The molecule has 0 bridgehead atoms. The first-order valence-electron chi connectivity index (χ1n) is 10.3. The summed E-state index contributed by atoms with van der Waals surface area (Å²) in [4.78, 5) is 39.1. The molecule has 1 aliphatic rings. The van der Waals surface area contributed by atoms with Crippen molar-refractivity contribution >= 4 is 18.0 Å². The molecule has 1 heterocycles. The number of amides is 2. The molecule has 1 rings (SSSR count). The maximum absolute atomic E-state index is 13.1. The molecule has 1 aliphatic heterocycles. The van der Waals surface area contributed by atoms with Crippen LogP contribution in [0.5, 0.6) is 0 Å². The highest BCUT2D eigenvalue weighted by Crippen LogP contribution is 2.21. The highest BCUT2D eigenvalue weighted by Gasteiger charge is 2.38. The summed E-state index contributed by atoms with van der Waals surface area (Å²) in [5.74, 6) is -0.625. The minimum Gasteiger partial charge on any atom is -0.464 e. The van der Waals surface area contributed by atoms with Crippen molar-refractivity contribution in [2.75, 3.05) is 13.2 Å². The van der Waals surface area contributed by atoms with E-state index in [4.69, 9.17) is 9.47 Å². The number of ether oxygens (including phenoxy) is 2. The van der Waals surface area contributed by atoms with Crippen molar-refractivity contribution in [2.24, 2.45) is 0 Å². The Kier molecular flexibility index (Phi) is 10.0. The van der Waals surface area contributed by atoms with Crippen LogP contribution in [-0.2, 0) is 19.1 Å². The normalized spacial score (nSPS) is 17.7. The first-order chi connectivity index (χ1) is 13.2. The molecule has 1 N–H and O–H groups in total. The number of hydrogen-bond acceptors (Lipinski definition) is 5. The lowest BCUT2D eigenvalue weighted by Gasteiger charge is -2.29. The van der Waals surface area contributed by atoms with Gasteiger partial charge in [0.1, 0.15) is 17.7 Å². The minimum absolute atomic E-state index is 0.245. The molecule has 0 aromatic heterocycles. The smallest absolute Gasteiger partial charge is 0.408 e. The maximum Gasteiger partial charge on any atom is 0.408 e. The third kappa shape index (κ3) is 8.31. The number of unbranched alkanes of at least 4 members (excludes halogenated alkanes) is 3. The van der Waals surface area contributed by atoms with Gasteiger partial charge in [-0.05, 0) is 59.8 Å². The fraction of sp³-hybridized carbons (Fsp3) is 0.762. The van der Waals surface area contributed by atoms with Gasteiger partial charge in [-0.2, -0.15) is 0 Å². The Hall–Kier alpha value is -2.05. The lowest BCUT2D eigenvalue weighted by atomic mass is 10.1. The zero-order chi connectivity index (χ0) is 21.2. The second-order valence-electron chi connectivity index (χ2n) is 8.07. The Morgan fingerprint density at radius 1 is 1.25 bits per heavy atom. The van der Waals surface area contributed by atoms with Crippen LogP contribution in [0.2, 0.25) is 0 Å². The first kappa shape index (κ1) is 24.0. The van der Waals surface area contributed by atoms with Gasteiger partial charge in [-0.15, -0.1) is 6.58 Å². The van der Waals surface area contributed by atoms with Gasteiger partial charge in [0.15, 0.2) is 0 Å². The van der Waals surface area contributed by atoms with E-state index in [9.17, 15) is 14.4 Å². The Morgan fingerprint density at radius 3 is 2.57 bits per heavy atom. The molecule has 1 saturated heterocycles. The fourth-order valence-electron chi connectivity index (χ4n) is 3.24. The second kappa shape index (κ2) is 11.7. The molecule has 0 saturated carbocycles. The average Bonchev–Trinajstić information content (AvgIpc) is 3.08. The molecule has 0 aromatic rings. The number of hydrogen-bond donors (Lipinski definition) is 1. The van der Waals surface area contributed by atoms with Crippen LogP contribution >= 0.6 is 0 Å². The second-order valence-corrected chi connectivity index (χ2v) is 8.07. The number of nitrogens with zero attached hydrogens (tertiary/aromatic N) is 1. The van der Waals surface area contributed by atoms with E-state index in [1.54, 1.807) is 32.6 Å². The minimum atomic E-state index is -0.714. The summed E-state index contributed by atoms with van der Waals surface area (Å²) in [5.41, 5.74) is -0.650. The molecule has 0 radical (unpaired) electrons. The van der Waals surface area contributed by atoms with E-state index in [0.29, 0.717) is 19.4 Å². The zero-order valence-electron chi connectivity index (χ0n) is 17.8. The van der Waals surface area contributed by atoms with Crippen molar-refractivity contribution in [3.63, 3.8) is 0 Å². The topological polar surface area (TPSA) is 84.9 Å². The lowest BCUT2D eigenvalue weighted by molar-refractivity contribution is -0.153. The number of carbonyl (C=O) groups is 3. The van der Waals surface area contributed by atoms with Gasteiger partial charge in [-0.1, -0.05) is 18.9 Å². The molecular formula is C21H36N2O5. The predicted octanol–water partition coefficient (Wildman–Crippen LogP) is 3.57. The molecule has 7 nitrogen and oxygen atoms in total. The molecule has 2 amide bonds. The summed E-state index contributed by atoms with van der Waals surface area (Å²) in [6.07, 6.45) is 6.73. The van der Waals surface area contributed by atoms with Crippen LogP contribution in [0.15, 0.2) is 12.7 Å². The summed E-state index contributed by atoms with van der Waals surface area (Å²) in [6.45, 7) is 11.5. The summed E-state index contributed by atoms with van der Waals surface area (Å²) < 4.78 is 10.4. The van der Waals surface area contributed by atoms with Crippen molar-refractivity contribution in [2.45, 2.75) is 90.3 Å². The van der Waals surface area contributed by atoms with Crippen molar-refractivity contribution < 1.29 is 23.9 Å². The van der Waals surface area contributed by atoms with Crippen LogP contribution in [-0.4, -0.2) is 53.7 Å².